The number of nitrogens with one attached hydrogen (secondary N) is 2. The van der Waals surface area contributed by atoms with Crippen LogP contribution in [0.25, 0.3) is 0 Å². The molecule has 5 nitrogen and oxygen atoms in total. The highest BCUT2D eigenvalue weighted by Gasteiger charge is 1.99. The Bertz CT molecular complexity index is 239. The molecule has 86 valence electrons. The summed E-state index contributed by atoms with van der Waals surface area (Å²) in [5, 5.41) is 14.0. The molecule has 1 amide bonds. The SMILES string of the molecule is C=C(C)C(=O)NCCCNCCC(=O)O. The van der Waals surface area contributed by atoms with Crippen LogP contribution >= 0.6 is 0 Å². The Kier molecular flexibility index (Phi) is 7.27. The first-order valence-corrected chi connectivity index (χ1v) is 4.90. The molecular weight excluding hydrogens is 196 g/mol. The first-order valence-electron chi connectivity index (χ1n) is 4.90. The summed E-state index contributed by atoms with van der Waals surface area (Å²) >= 11 is 0. The highest BCUT2D eigenvalue weighted by atomic mass is 16.4. The van der Waals surface area contributed by atoms with Crippen molar-refractivity contribution in [3.8, 4) is 0 Å². The van der Waals surface area contributed by atoms with E-state index in [1.807, 2.05) is 0 Å². The highest BCUT2D eigenvalue weighted by molar-refractivity contribution is 5.91. The smallest absolute Gasteiger partial charge is 0.304 e. The lowest BCUT2D eigenvalue weighted by Crippen LogP contribution is -2.28. The average molecular weight is 214 g/mol. The van der Waals surface area contributed by atoms with Gasteiger partial charge in [0.2, 0.25) is 5.91 Å². The van der Waals surface area contributed by atoms with E-state index in [-0.39, 0.29) is 12.3 Å². The molecule has 5 heteroatoms. The summed E-state index contributed by atoms with van der Waals surface area (Å²) < 4.78 is 0. The number of hydrogen-bond donors (Lipinski definition) is 3. The van der Waals surface area contributed by atoms with Gasteiger partial charge >= 0.3 is 5.97 Å². The molecule has 0 aromatic heterocycles. The fourth-order valence-electron chi connectivity index (χ4n) is 0.887. The number of rotatable bonds is 8. The molecule has 0 heterocycles. The largest absolute Gasteiger partial charge is 0.481 e. The number of carbonyl (C=O) groups is 2. The van der Waals surface area contributed by atoms with E-state index in [4.69, 9.17) is 5.11 Å². The van der Waals surface area contributed by atoms with Gasteiger partial charge in [-0.1, -0.05) is 6.58 Å². The molecule has 0 rings (SSSR count). The summed E-state index contributed by atoms with van der Waals surface area (Å²) in [6.07, 6.45) is 0.900. The van der Waals surface area contributed by atoms with Crippen LogP contribution in [0.2, 0.25) is 0 Å². The molecule has 0 aromatic rings. The van der Waals surface area contributed by atoms with Crippen molar-refractivity contribution in [3.05, 3.63) is 12.2 Å². The van der Waals surface area contributed by atoms with Gasteiger partial charge in [-0.05, 0) is 19.9 Å². The van der Waals surface area contributed by atoms with Crippen LogP contribution in [0.4, 0.5) is 0 Å². The minimum atomic E-state index is -0.807. The van der Waals surface area contributed by atoms with Crippen molar-refractivity contribution in [3.63, 3.8) is 0 Å². The number of hydrogen-bond acceptors (Lipinski definition) is 3. The van der Waals surface area contributed by atoms with Crippen molar-refractivity contribution in [1.82, 2.24) is 10.6 Å². The summed E-state index contributed by atoms with van der Waals surface area (Å²) in [7, 11) is 0. The van der Waals surface area contributed by atoms with Gasteiger partial charge in [-0.25, -0.2) is 0 Å². The molecular formula is C10H18N2O3. The Morgan fingerprint density at radius 1 is 1.27 bits per heavy atom. The third kappa shape index (κ3) is 8.96. The van der Waals surface area contributed by atoms with Crippen LogP contribution in [0.1, 0.15) is 19.8 Å². The summed E-state index contributed by atoms with van der Waals surface area (Å²) in [6.45, 7) is 6.90. The zero-order chi connectivity index (χ0) is 11.7. The van der Waals surface area contributed by atoms with Crippen molar-refractivity contribution in [2.24, 2.45) is 0 Å². The summed E-state index contributed by atoms with van der Waals surface area (Å²) in [5.41, 5.74) is 0.494. The van der Waals surface area contributed by atoms with Gasteiger partial charge in [0.05, 0.1) is 6.42 Å². The lowest BCUT2D eigenvalue weighted by atomic mass is 10.3. The summed E-state index contributed by atoms with van der Waals surface area (Å²) in [6, 6.07) is 0. The fourth-order valence-corrected chi connectivity index (χ4v) is 0.887. The van der Waals surface area contributed by atoms with E-state index in [9.17, 15) is 9.59 Å². The maximum atomic E-state index is 11.0. The Balaban J connectivity index is 3.22. The van der Waals surface area contributed by atoms with E-state index in [1.54, 1.807) is 6.92 Å². The number of amides is 1. The van der Waals surface area contributed by atoms with Gasteiger partial charge < -0.3 is 15.7 Å². The van der Waals surface area contributed by atoms with E-state index in [0.717, 1.165) is 6.42 Å². The third-order valence-corrected chi connectivity index (χ3v) is 1.72. The molecule has 0 atom stereocenters. The Hall–Kier alpha value is -1.36. The van der Waals surface area contributed by atoms with Crippen LogP contribution in [-0.2, 0) is 9.59 Å². The van der Waals surface area contributed by atoms with Crippen LogP contribution in [0.3, 0.4) is 0 Å². The first-order chi connectivity index (χ1) is 7.04. The predicted molar refractivity (Wildman–Crippen MR) is 57.6 cm³/mol. The van der Waals surface area contributed by atoms with Gasteiger partial charge in [0.15, 0.2) is 0 Å². The topological polar surface area (TPSA) is 78.4 Å². The normalized spacial score (nSPS) is 9.67. The minimum Gasteiger partial charge on any atom is -0.481 e. The van der Waals surface area contributed by atoms with E-state index in [2.05, 4.69) is 17.2 Å². The zero-order valence-corrected chi connectivity index (χ0v) is 9.01. The van der Waals surface area contributed by atoms with Crippen molar-refractivity contribution in [2.75, 3.05) is 19.6 Å². The molecule has 0 aliphatic rings. The average Bonchev–Trinajstić information content (AvgIpc) is 2.15. The van der Waals surface area contributed by atoms with Gasteiger partial charge in [0, 0.05) is 18.7 Å². The molecule has 0 aliphatic heterocycles. The van der Waals surface area contributed by atoms with Crippen LogP contribution in [0, 0.1) is 0 Å². The maximum absolute atomic E-state index is 11.0. The molecule has 15 heavy (non-hydrogen) atoms. The van der Waals surface area contributed by atoms with Gasteiger partial charge in [0.25, 0.3) is 0 Å². The molecule has 0 aromatic carbocycles. The van der Waals surface area contributed by atoms with Crippen molar-refractivity contribution in [2.45, 2.75) is 19.8 Å². The zero-order valence-electron chi connectivity index (χ0n) is 9.01. The van der Waals surface area contributed by atoms with Crippen molar-refractivity contribution < 1.29 is 14.7 Å². The van der Waals surface area contributed by atoms with Crippen molar-refractivity contribution in [1.29, 1.82) is 0 Å². The molecule has 0 saturated heterocycles. The third-order valence-electron chi connectivity index (χ3n) is 1.72. The van der Waals surface area contributed by atoms with Crippen LogP contribution in [0.15, 0.2) is 12.2 Å². The van der Waals surface area contributed by atoms with Gasteiger partial charge in [0.1, 0.15) is 0 Å². The quantitative estimate of drug-likeness (QED) is 0.396. The lowest BCUT2D eigenvalue weighted by molar-refractivity contribution is -0.136. The number of carbonyl (C=O) groups excluding carboxylic acids is 1. The fraction of sp³-hybridized carbons (Fsp3) is 0.600. The molecule has 0 fully saturated rings. The van der Waals surface area contributed by atoms with Gasteiger partial charge in [-0.15, -0.1) is 0 Å². The Morgan fingerprint density at radius 2 is 1.93 bits per heavy atom. The molecule has 0 saturated carbocycles. The van der Waals surface area contributed by atoms with E-state index >= 15 is 0 Å². The minimum absolute atomic E-state index is 0.123. The number of carboxylic acid groups (broad SMARTS) is 1. The highest BCUT2D eigenvalue weighted by Crippen LogP contribution is 1.85. The van der Waals surface area contributed by atoms with Crippen molar-refractivity contribution >= 4 is 11.9 Å². The van der Waals surface area contributed by atoms with Gasteiger partial charge in [-0.2, -0.15) is 0 Å². The van der Waals surface area contributed by atoms with Crippen LogP contribution < -0.4 is 10.6 Å². The first kappa shape index (κ1) is 13.6. The number of aliphatic carboxylic acids is 1. The van der Waals surface area contributed by atoms with Crippen LogP contribution in [0.5, 0.6) is 0 Å². The van der Waals surface area contributed by atoms with E-state index in [1.165, 1.54) is 0 Å². The van der Waals surface area contributed by atoms with Gasteiger partial charge in [-0.3, -0.25) is 9.59 Å². The maximum Gasteiger partial charge on any atom is 0.304 e. The lowest BCUT2D eigenvalue weighted by Gasteiger charge is -2.05. The number of carboxylic acids is 1. The molecule has 0 bridgehead atoms. The molecule has 0 radical (unpaired) electrons. The standard InChI is InChI=1S/C10H18N2O3/c1-8(2)10(15)12-6-3-5-11-7-4-9(13)14/h11H,1,3-7H2,2H3,(H,12,15)(H,13,14). The second kappa shape index (κ2) is 7.99. The molecule has 3 N–H and O–H groups in total. The summed E-state index contributed by atoms with van der Waals surface area (Å²) in [4.78, 5) is 21.2. The molecule has 0 unspecified atom stereocenters. The van der Waals surface area contributed by atoms with E-state index in [0.29, 0.717) is 25.2 Å². The Morgan fingerprint density at radius 3 is 2.47 bits per heavy atom. The predicted octanol–water partition coefficient (Wildman–Crippen LogP) is 0.133. The second-order valence-corrected chi connectivity index (χ2v) is 3.28. The second-order valence-electron chi connectivity index (χ2n) is 3.28. The molecule has 0 spiro atoms. The Labute approximate surface area is 89.6 Å². The van der Waals surface area contributed by atoms with E-state index < -0.39 is 5.97 Å². The summed E-state index contributed by atoms with van der Waals surface area (Å²) in [5.74, 6) is -0.946. The monoisotopic (exact) mass is 214 g/mol. The molecule has 0 aliphatic carbocycles. The van der Waals surface area contributed by atoms with Crippen LogP contribution in [-0.4, -0.2) is 36.6 Å².